The number of hydrogen-bond acceptors (Lipinski definition) is 4. The molecule has 4 nitrogen and oxygen atoms in total. The van der Waals surface area contributed by atoms with Crippen LogP contribution >= 0.6 is 24.2 Å². The van der Waals surface area contributed by atoms with Crippen molar-refractivity contribution in [2.24, 2.45) is 5.73 Å². The first-order chi connectivity index (χ1) is 6.77. The van der Waals surface area contributed by atoms with Crippen molar-refractivity contribution in [3.63, 3.8) is 0 Å². The van der Waals surface area contributed by atoms with Crippen molar-refractivity contribution >= 4 is 30.1 Å². The monoisotopic (exact) mass is 254 g/mol. The Bertz CT molecular complexity index is 185. The first-order valence-corrected chi connectivity index (χ1v) is 5.95. The Morgan fingerprint density at radius 1 is 1.73 bits per heavy atom. The number of carbonyl (C=O) groups is 1. The minimum atomic E-state index is -0.499. The molecule has 90 valence electrons. The van der Waals surface area contributed by atoms with Crippen LogP contribution in [0.1, 0.15) is 12.8 Å². The fraction of sp³-hybridized carbons (Fsp3) is 0.889. The molecule has 1 saturated heterocycles. The number of hydrogen-bond donors (Lipinski definition) is 2. The summed E-state index contributed by atoms with van der Waals surface area (Å²) in [6.07, 6.45) is 1.96. The van der Waals surface area contributed by atoms with Crippen LogP contribution in [0.15, 0.2) is 0 Å². The lowest BCUT2D eigenvalue weighted by molar-refractivity contribution is -0.130. The largest absolute Gasteiger partial charge is 0.370 e. The second kappa shape index (κ2) is 8.21. The van der Waals surface area contributed by atoms with Gasteiger partial charge in [-0.3, -0.25) is 4.79 Å². The van der Waals surface area contributed by atoms with E-state index in [0.717, 1.165) is 6.54 Å². The third-order valence-corrected chi connectivity index (χ3v) is 3.72. The molecule has 0 spiro atoms. The van der Waals surface area contributed by atoms with Gasteiger partial charge in [0, 0.05) is 25.4 Å². The number of ether oxygens (including phenoxy) is 1. The van der Waals surface area contributed by atoms with E-state index in [0.29, 0.717) is 5.25 Å². The number of halogens is 1. The summed E-state index contributed by atoms with van der Waals surface area (Å²) in [7, 11) is 1.50. The summed E-state index contributed by atoms with van der Waals surface area (Å²) >= 11 is 1.92. The van der Waals surface area contributed by atoms with Gasteiger partial charge in [-0.15, -0.1) is 12.4 Å². The highest BCUT2D eigenvalue weighted by Crippen LogP contribution is 2.25. The Kier molecular flexibility index (Phi) is 8.23. The Hall–Kier alpha value is 0.0300. The number of thioether (sulfide) groups is 1. The summed E-state index contributed by atoms with van der Waals surface area (Å²) in [5.74, 6) is 1.12. The summed E-state index contributed by atoms with van der Waals surface area (Å²) in [5, 5.41) is 3.44. The highest BCUT2D eigenvalue weighted by atomic mass is 35.5. The molecule has 0 aliphatic carbocycles. The lowest BCUT2D eigenvalue weighted by atomic mass is 10.2. The predicted octanol–water partition coefficient (Wildman–Crippen LogP) is 0.394. The van der Waals surface area contributed by atoms with Crippen molar-refractivity contribution in [3.05, 3.63) is 0 Å². The van der Waals surface area contributed by atoms with Crippen LogP contribution < -0.4 is 11.1 Å². The van der Waals surface area contributed by atoms with Gasteiger partial charge in [-0.05, 0) is 18.6 Å². The van der Waals surface area contributed by atoms with E-state index in [2.05, 4.69) is 5.32 Å². The Morgan fingerprint density at radius 2 is 2.47 bits per heavy atom. The molecule has 0 aromatic rings. The fourth-order valence-corrected chi connectivity index (χ4v) is 2.65. The van der Waals surface area contributed by atoms with Crippen molar-refractivity contribution in [2.75, 3.05) is 26.0 Å². The second-order valence-corrected chi connectivity index (χ2v) is 4.75. The molecule has 15 heavy (non-hydrogen) atoms. The van der Waals surface area contributed by atoms with Gasteiger partial charge in [-0.2, -0.15) is 11.8 Å². The Labute approximate surface area is 101 Å². The molecule has 2 atom stereocenters. The van der Waals surface area contributed by atoms with Crippen LogP contribution in [0.2, 0.25) is 0 Å². The van der Waals surface area contributed by atoms with Gasteiger partial charge in [0.15, 0.2) is 0 Å². The van der Waals surface area contributed by atoms with Gasteiger partial charge in [0.05, 0.1) is 0 Å². The maximum absolute atomic E-state index is 11.4. The zero-order valence-electron chi connectivity index (χ0n) is 8.90. The standard InChI is InChI=1S/C9H18N2O2S.ClH/c1-13-8(5-10)9(12)11-6-7-3-2-4-14-7;/h7-8H,2-6,10H2,1H3,(H,11,12);1H. The second-order valence-electron chi connectivity index (χ2n) is 3.34. The van der Waals surface area contributed by atoms with Crippen LogP contribution in [0.3, 0.4) is 0 Å². The molecule has 0 bridgehead atoms. The topological polar surface area (TPSA) is 64.3 Å². The highest BCUT2D eigenvalue weighted by molar-refractivity contribution is 8.00. The van der Waals surface area contributed by atoms with Crippen molar-refractivity contribution in [3.8, 4) is 0 Å². The van der Waals surface area contributed by atoms with Crippen LogP contribution in [0, 0.1) is 0 Å². The van der Waals surface area contributed by atoms with Gasteiger partial charge in [0.2, 0.25) is 5.91 Å². The summed E-state index contributed by atoms with van der Waals surface area (Å²) < 4.78 is 4.93. The lowest BCUT2D eigenvalue weighted by Gasteiger charge is -2.15. The average molecular weight is 255 g/mol. The molecule has 1 aliphatic heterocycles. The SMILES string of the molecule is COC(CN)C(=O)NCC1CCCS1.Cl. The molecule has 1 amide bonds. The number of nitrogens with two attached hydrogens (primary N) is 1. The van der Waals surface area contributed by atoms with E-state index in [1.807, 2.05) is 11.8 Å². The first kappa shape index (κ1) is 15.0. The van der Waals surface area contributed by atoms with Crippen LogP contribution in [-0.4, -0.2) is 43.2 Å². The maximum atomic E-state index is 11.4. The van der Waals surface area contributed by atoms with Crippen LogP contribution in [0.4, 0.5) is 0 Å². The molecule has 0 aromatic carbocycles. The third kappa shape index (κ3) is 5.06. The number of carbonyl (C=O) groups excluding carboxylic acids is 1. The smallest absolute Gasteiger partial charge is 0.250 e. The summed E-state index contributed by atoms with van der Waals surface area (Å²) in [5.41, 5.74) is 5.38. The quantitative estimate of drug-likeness (QED) is 0.745. The molecule has 1 fully saturated rings. The van der Waals surface area contributed by atoms with Crippen LogP contribution in [0.25, 0.3) is 0 Å². The minimum absolute atomic E-state index is 0. The first-order valence-electron chi connectivity index (χ1n) is 4.90. The third-order valence-electron chi connectivity index (χ3n) is 2.32. The normalized spacial score (nSPS) is 21.9. The number of methoxy groups -OCH3 is 1. The van der Waals surface area contributed by atoms with Gasteiger partial charge in [0.1, 0.15) is 6.10 Å². The summed E-state index contributed by atoms with van der Waals surface area (Å²) in [6.45, 7) is 0.976. The van der Waals surface area contributed by atoms with Crippen LogP contribution in [0.5, 0.6) is 0 Å². The summed E-state index contributed by atoms with van der Waals surface area (Å²) in [6, 6.07) is 0. The van der Waals surface area contributed by atoms with E-state index in [1.54, 1.807) is 0 Å². The maximum Gasteiger partial charge on any atom is 0.250 e. The van der Waals surface area contributed by atoms with Crippen molar-refractivity contribution in [2.45, 2.75) is 24.2 Å². The summed E-state index contributed by atoms with van der Waals surface area (Å²) in [4.78, 5) is 11.4. The molecular weight excluding hydrogens is 236 g/mol. The number of rotatable bonds is 5. The van der Waals surface area contributed by atoms with Crippen molar-refractivity contribution in [1.82, 2.24) is 5.32 Å². The zero-order valence-corrected chi connectivity index (χ0v) is 10.5. The van der Waals surface area contributed by atoms with E-state index < -0.39 is 6.10 Å². The molecule has 1 heterocycles. The molecule has 1 rings (SSSR count). The van der Waals surface area contributed by atoms with E-state index in [-0.39, 0.29) is 24.9 Å². The van der Waals surface area contributed by atoms with Gasteiger partial charge in [0.25, 0.3) is 0 Å². The predicted molar refractivity (Wildman–Crippen MR) is 65.6 cm³/mol. The molecule has 6 heteroatoms. The Balaban J connectivity index is 0.00000196. The van der Waals surface area contributed by atoms with E-state index in [1.165, 1.54) is 25.7 Å². The van der Waals surface area contributed by atoms with Gasteiger partial charge < -0.3 is 15.8 Å². The van der Waals surface area contributed by atoms with Gasteiger partial charge in [-0.1, -0.05) is 0 Å². The molecule has 0 aromatic heterocycles. The van der Waals surface area contributed by atoms with E-state index in [4.69, 9.17) is 10.5 Å². The minimum Gasteiger partial charge on any atom is -0.370 e. The molecule has 0 saturated carbocycles. The number of nitrogens with one attached hydrogen (secondary N) is 1. The molecule has 0 radical (unpaired) electrons. The van der Waals surface area contributed by atoms with E-state index in [9.17, 15) is 4.79 Å². The van der Waals surface area contributed by atoms with Gasteiger partial charge >= 0.3 is 0 Å². The highest BCUT2D eigenvalue weighted by Gasteiger charge is 2.19. The lowest BCUT2D eigenvalue weighted by Crippen LogP contribution is -2.42. The molecule has 2 unspecified atom stereocenters. The van der Waals surface area contributed by atoms with Gasteiger partial charge in [-0.25, -0.2) is 0 Å². The molecular formula is C9H19ClN2O2S. The van der Waals surface area contributed by atoms with Crippen molar-refractivity contribution < 1.29 is 9.53 Å². The fourth-order valence-electron chi connectivity index (χ4n) is 1.44. The van der Waals surface area contributed by atoms with Crippen molar-refractivity contribution in [1.29, 1.82) is 0 Å². The Morgan fingerprint density at radius 3 is 2.93 bits per heavy atom. The molecule has 3 N–H and O–H groups in total. The zero-order chi connectivity index (χ0) is 10.4. The molecule has 1 aliphatic rings. The number of amides is 1. The van der Waals surface area contributed by atoms with E-state index >= 15 is 0 Å². The van der Waals surface area contributed by atoms with Crippen LogP contribution in [-0.2, 0) is 9.53 Å². The average Bonchev–Trinajstić information content (AvgIpc) is 2.69.